The Labute approximate surface area is 161 Å². The van der Waals surface area contributed by atoms with E-state index in [4.69, 9.17) is 28.9 Å². The van der Waals surface area contributed by atoms with Gasteiger partial charge in [0.05, 0.1) is 28.4 Å². The highest BCUT2D eigenvalue weighted by Crippen LogP contribution is 2.33. The molecule has 3 aromatic rings. The lowest BCUT2D eigenvalue weighted by molar-refractivity contribution is 0.147. The molecular weight excluding hydrogens is 374 g/mol. The van der Waals surface area contributed by atoms with Crippen LogP contribution < -0.4 is 5.73 Å². The first kappa shape index (κ1) is 18.8. The topological polar surface area (TPSA) is 59.1 Å². The van der Waals surface area contributed by atoms with Gasteiger partial charge in [0, 0.05) is 11.8 Å². The van der Waals surface area contributed by atoms with Gasteiger partial charge >= 0.3 is 0 Å². The van der Waals surface area contributed by atoms with E-state index in [1.165, 1.54) is 6.07 Å². The maximum atomic E-state index is 13.4. The van der Waals surface area contributed by atoms with E-state index in [-0.39, 0.29) is 0 Å². The fourth-order valence-corrected chi connectivity index (χ4v) is 3.17. The Morgan fingerprint density at radius 1 is 1.00 bits per heavy atom. The summed E-state index contributed by atoms with van der Waals surface area (Å²) in [5.41, 5.74) is 9.95. The third-order valence-electron chi connectivity index (χ3n) is 4.28. The zero-order chi connectivity index (χ0) is 18.8. The number of halogens is 3. The van der Waals surface area contributed by atoms with Gasteiger partial charge in [0.15, 0.2) is 0 Å². The van der Waals surface area contributed by atoms with E-state index in [1.54, 1.807) is 30.5 Å². The van der Waals surface area contributed by atoms with E-state index in [9.17, 15) is 9.50 Å². The van der Waals surface area contributed by atoms with Crippen molar-refractivity contribution in [2.24, 2.45) is 5.73 Å². The van der Waals surface area contributed by atoms with Crippen molar-refractivity contribution in [3.8, 4) is 11.1 Å². The predicted octanol–water partition coefficient (Wildman–Crippen LogP) is 5.24. The molecule has 0 bridgehead atoms. The fraction of sp³-hybridized carbons (Fsp3) is 0.150. The van der Waals surface area contributed by atoms with Gasteiger partial charge in [-0.2, -0.15) is 0 Å². The molecule has 0 amide bonds. The third-order valence-corrected chi connectivity index (χ3v) is 5.02. The summed E-state index contributed by atoms with van der Waals surface area (Å²) in [6.07, 6.45) is 1.83. The van der Waals surface area contributed by atoms with E-state index in [0.29, 0.717) is 26.7 Å². The number of hydrogen-bond donors (Lipinski definition) is 2. The molecule has 0 saturated carbocycles. The van der Waals surface area contributed by atoms with E-state index in [1.807, 2.05) is 19.1 Å². The van der Waals surface area contributed by atoms with Crippen molar-refractivity contribution in [3.05, 3.63) is 87.4 Å². The molecule has 0 fully saturated rings. The Morgan fingerprint density at radius 2 is 1.73 bits per heavy atom. The van der Waals surface area contributed by atoms with Crippen LogP contribution in [0.1, 0.15) is 28.8 Å². The van der Waals surface area contributed by atoms with Crippen LogP contribution in [0.5, 0.6) is 0 Å². The highest BCUT2D eigenvalue weighted by Gasteiger charge is 2.20. The highest BCUT2D eigenvalue weighted by molar-refractivity contribution is 6.42. The molecule has 0 aliphatic rings. The van der Waals surface area contributed by atoms with Crippen LogP contribution in [0.3, 0.4) is 0 Å². The van der Waals surface area contributed by atoms with Crippen molar-refractivity contribution in [2.45, 2.75) is 19.1 Å². The molecule has 1 aromatic heterocycles. The first-order valence-corrected chi connectivity index (χ1v) is 8.72. The van der Waals surface area contributed by atoms with Gasteiger partial charge in [0.25, 0.3) is 0 Å². The molecule has 0 aliphatic carbocycles. The Kier molecular flexibility index (Phi) is 5.58. The van der Waals surface area contributed by atoms with Crippen molar-refractivity contribution in [2.75, 3.05) is 0 Å². The Balaban J connectivity index is 1.89. The summed E-state index contributed by atoms with van der Waals surface area (Å²) in [6.45, 7) is 1.89. The predicted molar refractivity (Wildman–Crippen MR) is 103 cm³/mol. The van der Waals surface area contributed by atoms with Crippen LogP contribution in [0.15, 0.2) is 54.9 Å². The van der Waals surface area contributed by atoms with Crippen LogP contribution in [0.25, 0.3) is 11.1 Å². The zero-order valence-electron chi connectivity index (χ0n) is 14.0. The lowest BCUT2D eigenvalue weighted by atomic mass is 9.93. The Morgan fingerprint density at radius 3 is 2.38 bits per heavy atom. The number of benzene rings is 2. The van der Waals surface area contributed by atoms with E-state index in [2.05, 4.69) is 4.98 Å². The second-order valence-corrected chi connectivity index (χ2v) is 6.92. The van der Waals surface area contributed by atoms with Crippen LogP contribution in [-0.4, -0.2) is 10.1 Å². The summed E-state index contributed by atoms with van der Waals surface area (Å²) in [5, 5.41) is 11.5. The Hall–Kier alpha value is -1.98. The van der Waals surface area contributed by atoms with E-state index < -0.39 is 18.0 Å². The highest BCUT2D eigenvalue weighted by atomic mass is 35.5. The number of aryl methyl sites for hydroxylation is 1. The minimum absolute atomic E-state index is 0.386. The fourth-order valence-electron chi connectivity index (χ4n) is 2.86. The number of nitrogens with zero attached hydrogens (tertiary/aromatic N) is 1. The Bertz CT molecular complexity index is 949. The molecule has 6 heteroatoms. The first-order valence-electron chi connectivity index (χ1n) is 7.97. The van der Waals surface area contributed by atoms with E-state index in [0.717, 1.165) is 17.3 Å². The summed E-state index contributed by atoms with van der Waals surface area (Å²) in [4.78, 5) is 3.87. The number of aliphatic hydroxyl groups excluding tert-OH is 1. The minimum atomic E-state index is -0.925. The zero-order valence-corrected chi connectivity index (χ0v) is 15.5. The van der Waals surface area contributed by atoms with Gasteiger partial charge < -0.3 is 10.8 Å². The van der Waals surface area contributed by atoms with Gasteiger partial charge in [-0.3, -0.25) is 4.98 Å². The van der Waals surface area contributed by atoms with Gasteiger partial charge in [-0.15, -0.1) is 0 Å². The van der Waals surface area contributed by atoms with Gasteiger partial charge in [0.1, 0.15) is 5.82 Å². The SMILES string of the molecule is Cc1cc([C@@H](O)[C@@H](N)c2ccc(Cl)c(Cl)c2)ccc1-c1cncc(F)c1. The van der Waals surface area contributed by atoms with Crippen LogP contribution >= 0.6 is 23.2 Å². The average Bonchev–Trinajstić information content (AvgIpc) is 2.62. The van der Waals surface area contributed by atoms with E-state index >= 15 is 0 Å². The van der Waals surface area contributed by atoms with Crippen molar-refractivity contribution in [3.63, 3.8) is 0 Å². The van der Waals surface area contributed by atoms with Gasteiger partial charge in [-0.05, 0) is 47.4 Å². The molecule has 0 saturated heterocycles. The van der Waals surface area contributed by atoms with Gasteiger partial charge in [-0.25, -0.2) is 4.39 Å². The molecule has 0 unspecified atom stereocenters. The van der Waals surface area contributed by atoms with Crippen LogP contribution in [0, 0.1) is 12.7 Å². The molecule has 26 heavy (non-hydrogen) atoms. The van der Waals surface area contributed by atoms with Crippen molar-refractivity contribution >= 4 is 23.2 Å². The number of aliphatic hydroxyl groups is 1. The average molecular weight is 391 g/mol. The summed E-state index contributed by atoms with van der Waals surface area (Å²) in [6, 6.07) is 11.2. The first-order chi connectivity index (χ1) is 12.4. The van der Waals surface area contributed by atoms with Crippen molar-refractivity contribution in [1.29, 1.82) is 0 Å². The van der Waals surface area contributed by atoms with Gasteiger partial charge in [-0.1, -0.05) is 47.5 Å². The number of aromatic nitrogens is 1. The van der Waals surface area contributed by atoms with Gasteiger partial charge in [0.2, 0.25) is 0 Å². The maximum absolute atomic E-state index is 13.4. The molecule has 1 heterocycles. The monoisotopic (exact) mass is 390 g/mol. The summed E-state index contributed by atoms with van der Waals surface area (Å²) < 4.78 is 13.4. The van der Waals surface area contributed by atoms with Crippen LogP contribution in [-0.2, 0) is 0 Å². The molecule has 134 valence electrons. The molecule has 0 spiro atoms. The molecular formula is C20H17Cl2FN2O. The second kappa shape index (κ2) is 7.72. The lowest BCUT2D eigenvalue weighted by Gasteiger charge is -2.21. The molecule has 3 rings (SSSR count). The third kappa shape index (κ3) is 3.89. The molecule has 3 N–H and O–H groups in total. The summed E-state index contributed by atoms with van der Waals surface area (Å²) in [5.74, 6) is -0.396. The molecule has 0 radical (unpaired) electrons. The molecule has 0 aliphatic heterocycles. The smallest absolute Gasteiger partial charge is 0.142 e. The van der Waals surface area contributed by atoms with Crippen molar-refractivity contribution < 1.29 is 9.50 Å². The number of pyridine rings is 1. The number of nitrogens with two attached hydrogens (primary N) is 1. The standard InChI is InChI=1S/C20H17Cl2FN2O/c1-11-6-13(2-4-16(11)14-7-15(23)10-25-9-14)20(26)19(24)12-3-5-17(21)18(22)8-12/h2-10,19-20,26H,24H2,1H3/t19-,20+/m0/s1. The number of rotatable bonds is 4. The van der Waals surface area contributed by atoms with Crippen molar-refractivity contribution in [1.82, 2.24) is 4.98 Å². The summed E-state index contributed by atoms with van der Waals surface area (Å²) >= 11 is 12.0. The normalized spacial score (nSPS) is 13.5. The lowest BCUT2D eigenvalue weighted by Crippen LogP contribution is -2.19. The molecule has 2 atom stereocenters. The number of hydrogen-bond acceptors (Lipinski definition) is 3. The second-order valence-electron chi connectivity index (χ2n) is 6.11. The quantitative estimate of drug-likeness (QED) is 0.640. The molecule has 2 aromatic carbocycles. The largest absolute Gasteiger partial charge is 0.386 e. The molecule has 3 nitrogen and oxygen atoms in total. The van der Waals surface area contributed by atoms with Crippen LogP contribution in [0.2, 0.25) is 10.0 Å². The summed E-state index contributed by atoms with van der Waals surface area (Å²) in [7, 11) is 0. The minimum Gasteiger partial charge on any atom is -0.386 e. The van der Waals surface area contributed by atoms with Crippen LogP contribution in [0.4, 0.5) is 4.39 Å². The maximum Gasteiger partial charge on any atom is 0.142 e.